The van der Waals surface area contributed by atoms with Crippen LogP contribution in [0.5, 0.6) is 0 Å². The smallest absolute Gasteiger partial charge is 0.252 e. The van der Waals surface area contributed by atoms with Crippen molar-refractivity contribution < 1.29 is 9.18 Å². The van der Waals surface area contributed by atoms with Gasteiger partial charge in [-0.2, -0.15) is 0 Å². The van der Waals surface area contributed by atoms with Crippen molar-refractivity contribution in [2.75, 3.05) is 10.6 Å². The van der Waals surface area contributed by atoms with Crippen LogP contribution < -0.4 is 22.1 Å². The number of amides is 1. The number of primary amides is 1. The fourth-order valence-electron chi connectivity index (χ4n) is 3.69. The third-order valence-corrected chi connectivity index (χ3v) is 5.32. The summed E-state index contributed by atoms with van der Waals surface area (Å²) in [7, 11) is 0. The molecule has 30 heavy (non-hydrogen) atoms. The highest BCUT2D eigenvalue weighted by molar-refractivity contribution is 5.98. The van der Waals surface area contributed by atoms with E-state index in [1.54, 1.807) is 12.4 Å². The number of hydrogen-bond acceptors (Lipinski definition) is 6. The van der Waals surface area contributed by atoms with Crippen molar-refractivity contribution in [3.05, 3.63) is 54.4 Å². The molecular weight excluding hydrogens is 385 g/mol. The van der Waals surface area contributed by atoms with Crippen molar-refractivity contribution in [1.82, 2.24) is 15.0 Å². The number of pyridine rings is 2. The third-order valence-electron chi connectivity index (χ3n) is 5.32. The lowest BCUT2D eigenvalue weighted by molar-refractivity contribution is 0.100. The number of aromatic nitrogens is 3. The molecule has 1 fully saturated rings. The van der Waals surface area contributed by atoms with E-state index in [-0.39, 0.29) is 29.3 Å². The van der Waals surface area contributed by atoms with Crippen LogP contribution in [0.1, 0.15) is 36.0 Å². The first kappa shape index (κ1) is 19.8. The number of rotatable bonds is 6. The van der Waals surface area contributed by atoms with Crippen LogP contribution in [0.2, 0.25) is 0 Å². The fourth-order valence-corrected chi connectivity index (χ4v) is 3.69. The van der Waals surface area contributed by atoms with E-state index in [1.807, 2.05) is 24.5 Å². The van der Waals surface area contributed by atoms with Crippen molar-refractivity contribution in [3.63, 3.8) is 0 Å². The molecule has 1 aliphatic rings. The van der Waals surface area contributed by atoms with Gasteiger partial charge >= 0.3 is 0 Å². The van der Waals surface area contributed by atoms with Gasteiger partial charge in [-0.25, -0.2) is 9.37 Å². The number of hydrogen-bond donors (Lipinski definition) is 5. The lowest BCUT2D eigenvalue weighted by atomic mass is 9.91. The van der Waals surface area contributed by atoms with E-state index in [1.165, 1.54) is 0 Å². The van der Waals surface area contributed by atoms with Gasteiger partial charge in [-0.1, -0.05) is 12.8 Å². The zero-order chi connectivity index (χ0) is 21.1. The second-order valence-corrected chi connectivity index (χ2v) is 7.47. The van der Waals surface area contributed by atoms with Gasteiger partial charge in [0.05, 0.1) is 17.4 Å². The number of aromatic amines is 1. The molecule has 3 aromatic rings. The normalized spacial score (nSPS) is 18.7. The van der Waals surface area contributed by atoms with Crippen LogP contribution in [0.25, 0.3) is 11.1 Å². The summed E-state index contributed by atoms with van der Waals surface area (Å²) in [6, 6.07) is 4.72. The van der Waals surface area contributed by atoms with Gasteiger partial charge in [0.2, 0.25) is 0 Å². The van der Waals surface area contributed by atoms with Gasteiger partial charge in [-0.3, -0.25) is 9.78 Å². The molecule has 0 spiro atoms. The molecule has 0 unspecified atom stereocenters. The number of nitrogens with two attached hydrogens (primary N) is 2. The van der Waals surface area contributed by atoms with Crippen LogP contribution in [0, 0.1) is 5.82 Å². The molecule has 3 aromatic heterocycles. The molecule has 0 aliphatic heterocycles. The van der Waals surface area contributed by atoms with Crippen molar-refractivity contribution in [2.45, 2.75) is 37.8 Å². The third kappa shape index (κ3) is 4.25. The lowest BCUT2D eigenvalue weighted by Gasteiger charge is -2.30. The monoisotopic (exact) mass is 409 g/mol. The summed E-state index contributed by atoms with van der Waals surface area (Å²) in [5.74, 6) is -1.23. The second kappa shape index (κ2) is 8.50. The highest BCUT2D eigenvalue weighted by Crippen LogP contribution is 2.28. The van der Waals surface area contributed by atoms with Crippen molar-refractivity contribution in [3.8, 4) is 11.1 Å². The number of nitrogens with zero attached hydrogens (tertiary/aromatic N) is 2. The Bertz CT molecular complexity index is 1040. The summed E-state index contributed by atoms with van der Waals surface area (Å²) >= 11 is 0. The zero-order valence-corrected chi connectivity index (χ0v) is 16.4. The average molecular weight is 409 g/mol. The summed E-state index contributed by atoms with van der Waals surface area (Å²) in [5.41, 5.74) is 14.0. The van der Waals surface area contributed by atoms with Gasteiger partial charge in [-0.15, -0.1) is 0 Å². The molecule has 156 valence electrons. The van der Waals surface area contributed by atoms with Gasteiger partial charge < -0.3 is 27.1 Å². The Balaban J connectivity index is 1.64. The Hall–Kier alpha value is -3.46. The van der Waals surface area contributed by atoms with E-state index in [9.17, 15) is 9.18 Å². The molecule has 1 aliphatic carbocycles. The predicted octanol–water partition coefficient (Wildman–Crippen LogP) is 3.14. The van der Waals surface area contributed by atoms with E-state index >= 15 is 0 Å². The molecule has 9 heteroatoms. The van der Waals surface area contributed by atoms with E-state index in [0.29, 0.717) is 5.69 Å². The average Bonchev–Trinajstić information content (AvgIpc) is 3.27. The Morgan fingerprint density at radius 2 is 2.00 bits per heavy atom. The second-order valence-electron chi connectivity index (χ2n) is 7.47. The van der Waals surface area contributed by atoms with E-state index in [4.69, 9.17) is 11.5 Å². The fraction of sp³-hybridized carbons (Fsp3) is 0.286. The number of carbonyl (C=O) groups is 1. The van der Waals surface area contributed by atoms with Crippen LogP contribution in [0.15, 0.2) is 43.0 Å². The van der Waals surface area contributed by atoms with Crippen LogP contribution in [-0.4, -0.2) is 32.9 Å². The van der Waals surface area contributed by atoms with Crippen LogP contribution in [0.4, 0.5) is 21.7 Å². The molecule has 0 radical (unpaired) electrons. The molecule has 0 saturated heterocycles. The minimum Gasteiger partial charge on any atom is -0.367 e. The number of carbonyl (C=O) groups excluding carboxylic acids is 1. The Morgan fingerprint density at radius 1 is 1.17 bits per heavy atom. The highest BCUT2D eigenvalue weighted by atomic mass is 19.1. The summed E-state index contributed by atoms with van der Waals surface area (Å²) in [6.07, 6.45) is 10.8. The largest absolute Gasteiger partial charge is 0.367 e. The maximum absolute atomic E-state index is 14.6. The standard InChI is InChI=1S/C21H24FN7O/c22-16-8-15(19(24)30)20(29-21(16)28-18-4-2-1-3-17(18)23)27-14-7-13(10-26-11-14)12-5-6-25-9-12/h5-11,17-18,25H,1-4,23H2,(H2,24,30)(H2,27,28,29)/t17-,18+/m0/s1. The summed E-state index contributed by atoms with van der Waals surface area (Å²) in [6.45, 7) is 0. The molecule has 1 saturated carbocycles. The Morgan fingerprint density at radius 3 is 2.73 bits per heavy atom. The number of halogens is 1. The van der Waals surface area contributed by atoms with Gasteiger partial charge in [0.25, 0.3) is 5.91 Å². The van der Waals surface area contributed by atoms with Crippen molar-refractivity contribution >= 4 is 23.2 Å². The molecule has 0 aromatic carbocycles. The van der Waals surface area contributed by atoms with Crippen LogP contribution >= 0.6 is 0 Å². The molecule has 1 amide bonds. The minimum absolute atomic E-state index is 0.0413. The van der Waals surface area contributed by atoms with E-state index < -0.39 is 11.7 Å². The number of nitrogens with one attached hydrogen (secondary N) is 3. The molecule has 8 nitrogen and oxygen atoms in total. The van der Waals surface area contributed by atoms with Crippen molar-refractivity contribution in [2.24, 2.45) is 11.5 Å². The molecule has 0 bridgehead atoms. The molecule has 3 heterocycles. The molecule has 7 N–H and O–H groups in total. The van der Waals surface area contributed by atoms with Gasteiger partial charge in [0.1, 0.15) is 5.82 Å². The minimum atomic E-state index is -0.778. The predicted molar refractivity (Wildman–Crippen MR) is 114 cm³/mol. The van der Waals surface area contributed by atoms with Crippen molar-refractivity contribution in [1.29, 1.82) is 0 Å². The highest BCUT2D eigenvalue weighted by Gasteiger charge is 2.24. The topological polar surface area (TPSA) is 135 Å². The van der Waals surface area contributed by atoms with Gasteiger partial charge in [0.15, 0.2) is 11.6 Å². The van der Waals surface area contributed by atoms with E-state index in [0.717, 1.165) is 42.9 Å². The Kier molecular flexibility index (Phi) is 5.62. The first-order valence-corrected chi connectivity index (χ1v) is 9.89. The summed E-state index contributed by atoms with van der Waals surface area (Å²) in [4.78, 5) is 23.4. The maximum atomic E-state index is 14.6. The lowest BCUT2D eigenvalue weighted by Crippen LogP contribution is -2.43. The Labute approximate surface area is 173 Å². The summed E-state index contributed by atoms with van der Waals surface area (Å²) in [5, 5.41) is 6.15. The zero-order valence-electron chi connectivity index (χ0n) is 16.4. The van der Waals surface area contributed by atoms with Gasteiger partial charge in [-0.05, 0) is 31.0 Å². The molecular formula is C21H24FN7O. The first-order chi connectivity index (χ1) is 14.5. The number of H-pyrrole nitrogens is 1. The van der Waals surface area contributed by atoms with Crippen LogP contribution in [0.3, 0.4) is 0 Å². The SMILES string of the molecule is NC(=O)c1cc(F)c(N[C@@H]2CCCC[C@@H]2N)nc1Nc1cncc(-c2cc[nH]c2)c1. The molecule has 4 rings (SSSR count). The molecule has 2 atom stereocenters. The maximum Gasteiger partial charge on any atom is 0.252 e. The summed E-state index contributed by atoms with van der Waals surface area (Å²) < 4.78 is 14.6. The van der Waals surface area contributed by atoms with E-state index in [2.05, 4.69) is 25.6 Å². The number of anilines is 3. The van der Waals surface area contributed by atoms with Gasteiger partial charge in [0, 0.05) is 41.8 Å². The quantitative estimate of drug-likeness (QED) is 0.424. The first-order valence-electron chi connectivity index (χ1n) is 9.89. The van der Waals surface area contributed by atoms with Crippen LogP contribution in [-0.2, 0) is 0 Å².